The number of oxazole rings is 1. The summed E-state index contributed by atoms with van der Waals surface area (Å²) in [4.78, 5) is 31.0. The number of nitrogens with zero attached hydrogens (tertiary/aromatic N) is 2. The van der Waals surface area contributed by atoms with Crippen molar-refractivity contribution in [3.05, 3.63) is 47.2 Å². The molecule has 0 unspecified atom stereocenters. The third-order valence-corrected chi connectivity index (χ3v) is 5.16. The standard InChI is InChI=1S/C21H28N4O3/c1-4-16-7-5-6-8-17(16)23-21(27)22-13-18-24-19(15(3)28-18)20(26)25-11-9-14(2)10-12-25/h5-8,14H,4,9-13H2,1-3H3,(H2,22,23,27). The number of carbonyl (C=O) groups is 2. The second-order valence-electron chi connectivity index (χ2n) is 7.31. The van der Waals surface area contributed by atoms with Crippen molar-refractivity contribution < 1.29 is 14.0 Å². The van der Waals surface area contributed by atoms with Crippen LogP contribution in [0.2, 0.25) is 0 Å². The van der Waals surface area contributed by atoms with Gasteiger partial charge in [-0.15, -0.1) is 0 Å². The molecule has 2 N–H and O–H groups in total. The molecule has 1 aromatic carbocycles. The number of nitrogens with one attached hydrogen (secondary N) is 2. The molecule has 1 fully saturated rings. The first-order chi connectivity index (χ1) is 13.5. The smallest absolute Gasteiger partial charge is 0.319 e. The number of aryl methyl sites for hydroxylation is 2. The largest absolute Gasteiger partial charge is 0.443 e. The lowest BCUT2D eigenvalue weighted by Gasteiger charge is -2.29. The summed E-state index contributed by atoms with van der Waals surface area (Å²) in [7, 11) is 0. The average molecular weight is 384 g/mol. The lowest BCUT2D eigenvalue weighted by atomic mass is 9.99. The molecule has 0 spiro atoms. The van der Waals surface area contributed by atoms with Gasteiger partial charge in [-0.1, -0.05) is 32.0 Å². The van der Waals surface area contributed by atoms with Crippen molar-refractivity contribution in [3.63, 3.8) is 0 Å². The van der Waals surface area contributed by atoms with Crippen molar-refractivity contribution in [2.75, 3.05) is 18.4 Å². The number of para-hydroxylation sites is 1. The van der Waals surface area contributed by atoms with Crippen LogP contribution in [-0.4, -0.2) is 34.9 Å². The van der Waals surface area contributed by atoms with Gasteiger partial charge in [0.2, 0.25) is 5.89 Å². The van der Waals surface area contributed by atoms with E-state index in [0.29, 0.717) is 23.3 Å². The Bertz CT molecular complexity index is 838. The summed E-state index contributed by atoms with van der Waals surface area (Å²) < 4.78 is 5.59. The van der Waals surface area contributed by atoms with Gasteiger partial charge in [0.15, 0.2) is 5.69 Å². The highest BCUT2D eigenvalue weighted by atomic mass is 16.4. The summed E-state index contributed by atoms with van der Waals surface area (Å²) in [6, 6.07) is 7.33. The van der Waals surface area contributed by atoms with Crippen LogP contribution in [0.5, 0.6) is 0 Å². The van der Waals surface area contributed by atoms with Crippen LogP contribution in [0.15, 0.2) is 28.7 Å². The normalized spacial score (nSPS) is 14.8. The first-order valence-electron chi connectivity index (χ1n) is 9.86. The summed E-state index contributed by atoms with van der Waals surface area (Å²) in [5.74, 6) is 1.36. The number of piperidine rings is 1. The fourth-order valence-corrected chi connectivity index (χ4v) is 3.36. The van der Waals surface area contributed by atoms with E-state index < -0.39 is 0 Å². The fourth-order valence-electron chi connectivity index (χ4n) is 3.36. The highest BCUT2D eigenvalue weighted by Crippen LogP contribution is 2.20. The Morgan fingerprint density at radius 3 is 2.68 bits per heavy atom. The van der Waals surface area contributed by atoms with E-state index in [9.17, 15) is 9.59 Å². The quantitative estimate of drug-likeness (QED) is 0.822. The molecule has 7 nitrogen and oxygen atoms in total. The van der Waals surface area contributed by atoms with Crippen molar-refractivity contribution in [1.29, 1.82) is 0 Å². The van der Waals surface area contributed by atoms with Gasteiger partial charge in [0, 0.05) is 18.8 Å². The minimum absolute atomic E-state index is 0.0966. The van der Waals surface area contributed by atoms with Crippen molar-refractivity contribution in [3.8, 4) is 0 Å². The number of amides is 3. The Kier molecular flexibility index (Phi) is 6.34. The SMILES string of the molecule is CCc1ccccc1NC(=O)NCc1nc(C(=O)N2CCC(C)CC2)c(C)o1. The molecule has 0 aliphatic carbocycles. The molecule has 150 valence electrons. The molecule has 3 amide bonds. The van der Waals surface area contributed by atoms with Gasteiger partial charge in [-0.05, 0) is 43.7 Å². The Balaban J connectivity index is 1.57. The lowest BCUT2D eigenvalue weighted by molar-refractivity contribution is 0.0690. The minimum atomic E-state index is -0.338. The van der Waals surface area contributed by atoms with E-state index in [-0.39, 0.29) is 18.5 Å². The number of urea groups is 1. The molecule has 0 radical (unpaired) electrons. The molecule has 7 heteroatoms. The number of likely N-dealkylation sites (tertiary alicyclic amines) is 1. The van der Waals surface area contributed by atoms with E-state index in [1.54, 1.807) is 6.92 Å². The van der Waals surface area contributed by atoms with Crippen molar-refractivity contribution in [2.45, 2.75) is 46.6 Å². The van der Waals surface area contributed by atoms with Gasteiger partial charge in [0.1, 0.15) is 5.76 Å². The molecule has 2 heterocycles. The van der Waals surface area contributed by atoms with Crippen LogP contribution in [0.4, 0.5) is 10.5 Å². The predicted octanol–water partition coefficient (Wildman–Crippen LogP) is 3.74. The minimum Gasteiger partial charge on any atom is -0.443 e. The molecule has 0 bridgehead atoms. The van der Waals surface area contributed by atoms with E-state index in [4.69, 9.17) is 4.42 Å². The third-order valence-electron chi connectivity index (χ3n) is 5.16. The van der Waals surface area contributed by atoms with Crippen LogP contribution >= 0.6 is 0 Å². The second kappa shape index (κ2) is 8.91. The molecular formula is C21H28N4O3. The fraction of sp³-hybridized carbons (Fsp3) is 0.476. The van der Waals surface area contributed by atoms with E-state index in [2.05, 4.69) is 22.5 Å². The Morgan fingerprint density at radius 1 is 1.25 bits per heavy atom. The molecule has 28 heavy (non-hydrogen) atoms. The van der Waals surface area contributed by atoms with Crippen LogP contribution in [0.3, 0.4) is 0 Å². The van der Waals surface area contributed by atoms with Gasteiger partial charge in [0.25, 0.3) is 5.91 Å². The maximum atomic E-state index is 12.7. The highest BCUT2D eigenvalue weighted by molar-refractivity contribution is 5.93. The predicted molar refractivity (Wildman–Crippen MR) is 107 cm³/mol. The third kappa shape index (κ3) is 4.71. The van der Waals surface area contributed by atoms with Crippen LogP contribution in [0.25, 0.3) is 0 Å². The number of hydrogen-bond acceptors (Lipinski definition) is 4. The number of aromatic nitrogens is 1. The summed E-state index contributed by atoms with van der Waals surface area (Å²) in [5, 5.41) is 5.57. The summed E-state index contributed by atoms with van der Waals surface area (Å²) >= 11 is 0. The number of rotatable bonds is 5. The molecule has 0 atom stereocenters. The zero-order valence-corrected chi connectivity index (χ0v) is 16.7. The number of carbonyl (C=O) groups excluding carboxylic acids is 2. The Morgan fingerprint density at radius 2 is 1.96 bits per heavy atom. The van der Waals surface area contributed by atoms with Gasteiger partial charge in [0.05, 0.1) is 6.54 Å². The molecule has 1 saturated heterocycles. The average Bonchev–Trinajstić information content (AvgIpc) is 3.07. The summed E-state index contributed by atoms with van der Waals surface area (Å²) in [5.41, 5.74) is 2.18. The number of anilines is 1. The zero-order valence-electron chi connectivity index (χ0n) is 16.7. The molecular weight excluding hydrogens is 356 g/mol. The van der Waals surface area contributed by atoms with Crippen molar-refractivity contribution in [2.24, 2.45) is 5.92 Å². The van der Waals surface area contributed by atoms with Crippen LogP contribution in [0.1, 0.15) is 54.4 Å². The Hall–Kier alpha value is -2.83. The molecule has 1 aliphatic heterocycles. The Labute approximate surface area is 165 Å². The first-order valence-corrected chi connectivity index (χ1v) is 9.86. The van der Waals surface area contributed by atoms with Gasteiger partial charge >= 0.3 is 6.03 Å². The zero-order chi connectivity index (χ0) is 20.1. The first kappa shape index (κ1) is 19.9. The maximum absolute atomic E-state index is 12.7. The topological polar surface area (TPSA) is 87.5 Å². The molecule has 1 aliphatic rings. The molecule has 2 aromatic rings. The second-order valence-corrected chi connectivity index (χ2v) is 7.31. The summed E-state index contributed by atoms with van der Waals surface area (Å²) in [6.45, 7) is 7.59. The van der Waals surface area contributed by atoms with Crippen LogP contribution < -0.4 is 10.6 Å². The van der Waals surface area contributed by atoms with Gasteiger partial charge < -0.3 is 20.0 Å². The molecule has 0 saturated carbocycles. The van der Waals surface area contributed by atoms with Gasteiger partial charge in [-0.2, -0.15) is 0 Å². The number of hydrogen-bond donors (Lipinski definition) is 2. The van der Waals surface area contributed by atoms with E-state index in [0.717, 1.165) is 43.6 Å². The van der Waals surface area contributed by atoms with E-state index >= 15 is 0 Å². The van der Waals surface area contributed by atoms with Gasteiger partial charge in [-0.3, -0.25) is 4.79 Å². The highest BCUT2D eigenvalue weighted by Gasteiger charge is 2.26. The van der Waals surface area contributed by atoms with Crippen LogP contribution in [-0.2, 0) is 13.0 Å². The maximum Gasteiger partial charge on any atom is 0.319 e. The van der Waals surface area contributed by atoms with Gasteiger partial charge in [-0.25, -0.2) is 9.78 Å². The number of benzene rings is 1. The molecule has 1 aromatic heterocycles. The monoisotopic (exact) mass is 384 g/mol. The summed E-state index contributed by atoms with van der Waals surface area (Å²) in [6.07, 6.45) is 2.85. The van der Waals surface area contributed by atoms with Crippen LogP contribution in [0, 0.1) is 12.8 Å². The molecule has 3 rings (SSSR count). The van der Waals surface area contributed by atoms with Crippen molar-refractivity contribution >= 4 is 17.6 Å². The van der Waals surface area contributed by atoms with Crippen molar-refractivity contribution in [1.82, 2.24) is 15.2 Å². The lowest BCUT2D eigenvalue weighted by Crippen LogP contribution is -2.38. The van der Waals surface area contributed by atoms with E-state index in [1.165, 1.54) is 0 Å². The van der Waals surface area contributed by atoms with E-state index in [1.807, 2.05) is 36.1 Å².